The van der Waals surface area contributed by atoms with Gasteiger partial charge in [-0.3, -0.25) is 4.79 Å². The number of piperidine rings is 1. The van der Waals surface area contributed by atoms with Gasteiger partial charge in [0.2, 0.25) is 5.91 Å². The molecule has 0 unspecified atom stereocenters. The van der Waals surface area contributed by atoms with Crippen molar-refractivity contribution in [1.82, 2.24) is 4.90 Å². The largest absolute Gasteiger partial charge is 0.478 e. The highest BCUT2D eigenvalue weighted by Gasteiger charge is 2.31. The molecule has 1 fully saturated rings. The Kier molecular flexibility index (Phi) is 5.54. The summed E-state index contributed by atoms with van der Waals surface area (Å²) in [6.07, 6.45) is 2.55. The number of hydrogen-bond acceptors (Lipinski definition) is 4. The number of nitrogens with zero attached hydrogens (tertiary/aromatic N) is 1. The van der Waals surface area contributed by atoms with Crippen molar-refractivity contribution in [3.8, 4) is 0 Å². The van der Waals surface area contributed by atoms with Gasteiger partial charge in [-0.25, -0.2) is 13.2 Å². The zero-order chi connectivity index (χ0) is 16.9. The standard InChI is InChI=1S/C16H19NO5S/c18-15(6-7-16(19)20)17-10-8-14(9-11-17)23(21,22)12-13-4-2-1-3-5-13/h1-7,14H,8-12H2,(H,19,20)/b7-6+. The number of aliphatic carboxylic acids is 1. The van der Waals surface area contributed by atoms with Crippen molar-refractivity contribution in [3.63, 3.8) is 0 Å². The summed E-state index contributed by atoms with van der Waals surface area (Å²) in [4.78, 5) is 23.7. The Labute approximate surface area is 135 Å². The molecule has 0 bridgehead atoms. The molecule has 0 saturated carbocycles. The predicted octanol–water partition coefficient (Wildman–Crippen LogP) is 1.23. The van der Waals surface area contributed by atoms with Gasteiger partial charge in [0, 0.05) is 25.2 Å². The van der Waals surface area contributed by atoms with Crippen molar-refractivity contribution in [3.05, 3.63) is 48.0 Å². The summed E-state index contributed by atoms with van der Waals surface area (Å²) >= 11 is 0. The lowest BCUT2D eigenvalue weighted by molar-refractivity contribution is -0.132. The fourth-order valence-corrected chi connectivity index (χ4v) is 4.43. The average molecular weight is 337 g/mol. The minimum Gasteiger partial charge on any atom is -0.478 e. The molecule has 0 aliphatic carbocycles. The molecule has 7 heteroatoms. The van der Waals surface area contributed by atoms with Crippen LogP contribution < -0.4 is 0 Å². The molecule has 2 rings (SSSR count). The van der Waals surface area contributed by atoms with E-state index in [4.69, 9.17) is 5.11 Å². The van der Waals surface area contributed by atoms with Crippen molar-refractivity contribution >= 4 is 21.7 Å². The van der Waals surface area contributed by atoms with Crippen LogP contribution in [0.1, 0.15) is 18.4 Å². The summed E-state index contributed by atoms with van der Waals surface area (Å²) in [5, 5.41) is 8.05. The summed E-state index contributed by atoms with van der Waals surface area (Å²) in [6.45, 7) is 0.642. The van der Waals surface area contributed by atoms with E-state index in [2.05, 4.69) is 0 Å². The lowest BCUT2D eigenvalue weighted by Crippen LogP contribution is -2.42. The number of likely N-dealkylation sites (tertiary alicyclic amines) is 1. The van der Waals surface area contributed by atoms with Crippen LogP contribution in [0.5, 0.6) is 0 Å². The Hall–Kier alpha value is -2.15. The van der Waals surface area contributed by atoms with Crippen molar-refractivity contribution in [2.24, 2.45) is 0 Å². The first-order valence-electron chi connectivity index (χ1n) is 7.34. The Balaban J connectivity index is 1.93. The molecular formula is C16H19NO5S. The molecule has 1 amide bonds. The molecule has 1 aromatic rings. The highest BCUT2D eigenvalue weighted by Crippen LogP contribution is 2.21. The Bertz CT molecular complexity index is 688. The van der Waals surface area contributed by atoms with Gasteiger partial charge in [-0.15, -0.1) is 0 Å². The van der Waals surface area contributed by atoms with Gasteiger partial charge in [0.25, 0.3) is 0 Å². The van der Waals surface area contributed by atoms with E-state index in [1.807, 2.05) is 6.07 Å². The van der Waals surface area contributed by atoms with Gasteiger partial charge < -0.3 is 10.0 Å². The molecule has 124 valence electrons. The first-order chi connectivity index (χ1) is 10.9. The maximum absolute atomic E-state index is 12.5. The minimum absolute atomic E-state index is 0.00533. The van der Waals surface area contributed by atoms with Crippen LogP contribution in [0.15, 0.2) is 42.5 Å². The summed E-state index contributed by atoms with van der Waals surface area (Å²) in [6, 6.07) is 9.02. The van der Waals surface area contributed by atoms with Gasteiger partial charge in [-0.2, -0.15) is 0 Å². The van der Waals surface area contributed by atoms with Gasteiger partial charge in [0.1, 0.15) is 0 Å². The number of amides is 1. The lowest BCUT2D eigenvalue weighted by Gasteiger charge is -2.31. The van der Waals surface area contributed by atoms with Crippen molar-refractivity contribution in [2.45, 2.75) is 23.8 Å². The van der Waals surface area contributed by atoms with Crippen LogP contribution in [0, 0.1) is 0 Å². The number of carbonyl (C=O) groups is 2. The van der Waals surface area contributed by atoms with E-state index in [1.165, 1.54) is 4.90 Å². The molecule has 1 N–H and O–H groups in total. The highest BCUT2D eigenvalue weighted by molar-refractivity contribution is 7.91. The molecule has 1 aliphatic heterocycles. The molecule has 1 heterocycles. The molecular weight excluding hydrogens is 318 g/mol. The smallest absolute Gasteiger partial charge is 0.328 e. The van der Waals surface area contributed by atoms with E-state index in [1.54, 1.807) is 24.3 Å². The van der Waals surface area contributed by atoms with E-state index in [0.29, 0.717) is 25.9 Å². The zero-order valence-corrected chi connectivity index (χ0v) is 13.4. The third kappa shape index (κ3) is 4.92. The summed E-state index contributed by atoms with van der Waals surface area (Å²) in [7, 11) is -3.26. The van der Waals surface area contributed by atoms with Crippen LogP contribution >= 0.6 is 0 Å². The fourth-order valence-electron chi connectivity index (χ4n) is 2.61. The minimum atomic E-state index is -3.26. The van der Waals surface area contributed by atoms with Gasteiger partial charge in [0.05, 0.1) is 11.0 Å². The molecule has 1 aliphatic rings. The zero-order valence-electron chi connectivity index (χ0n) is 12.6. The molecule has 0 radical (unpaired) electrons. The third-order valence-electron chi connectivity index (χ3n) is 3.84. The number of hydrogen-bond donors (Lipinski definition) is 1. The van der Waals surface area contributed by atoms with E-state index in [9.17, 15) is 18.0 Å². The topological polar surface area (TPSA) is 91.8 Å². The number of rotatable bonds is 5. The summed E-state index contributed by atoms with van der Waals surface area (Å²) < 4.78 is 24.9. The Morgan fingerprint density at radius 3 is 2.30 bits per heavy atom. The molecule has 6 nitrogen and oxygen atoms in total. The van der Waals surface area contributed by atoms with Crippen LogP contribution in [0.25, 0.3) is 0 Å². The first-order valence-corrected chi connectivity index (χ1v) is 9.05. The van der Waals surface area contributed by atoms with Gasteiger partial charge in [-0.05, 0) is 18.4 Å². The quantitative estimate of drug-likeness (QED) is 0.816. The molecule has 0 aromatic heterocycles. The number of carboxylic acid groups (broad SMARTS) is 1. The molecule has 23 heavy (non-hydrogen) atoms. The van der Waals surface area contributed by atoms with Gasteiger partial charge in [-0.1, -0.05) is 30.3 Å². The number of carboxylic acids is 1. The molecule has 0 atom stereocenters. The van der Waals surface area contributed by atoms with Crippen LogP contribution in [0.2, 0.25) is 0 Å². The second-order valence-electron chi connectivity index (χ2n) is 5.49. The second kappa shape index (κ2) is 7.41. The van der Waals surface area contributed by atoms with Crippen molar-refractivity contribution < 1.29 is 23.1 Å². The number of carbonyl (C=O) groups excluding carboxylic acids is 1. The first kappa shape index (κ1) is 17.2. The Morgan fingerprint density at radius 2 is 1.74 bits per heavy atom. The molecule has 1 aromatic carbocycles. The van der Waals surface area contributed by atoms with Crippen molar-refractivity contribution in [1.29, 1.82) is 0 Å². The van der Waals surface area contributed by atoms with E-state index < -0.39 is 27.0 Å². The number of sulfone groups is 1. The SMILES string of the molecule is O=C(O)/C=C/C(=O)N1CCC(S(=O)(=O)Cc2ccccc2)CC1. The van der Waals surface area contributed by atoms with Crippen LogP contribution in [0.4, 0.5) is 0 Å². The average Bonchev–Trinajstić information content (AvgIpc) is 2.53. The lowest BCUT2D eigenvalue weighted by atomic mass is 10.1. The monoisotopic (exact) mass is 337 g/mol. The Morgan fingerprint density at radius 1 is 1.13 bits per heavy atom. The molecule has 1 saturated heterocycles. The number of benzene rings is 1. The van der Waals surface area contributed by atoms with E-state index in [-0.39, 0.29) is 5.75 Å². The normalized spacial score (nSPS) is 16.6. The fraction of sp³-hybridized carbons (Fsp3) is 0.375. The van der Waals surface area contributed by atoms with Crippen molar-refractivity contribution in [2.75, 3.05) is 13.1 Å². The van der Waals surface area contributed by atoms with Gasteiger partial charge >= 0.3 is 5.97 Å². The van der Waals surface area contributed by atoms with Crippen LogP contribution in [-0.4, -0.2) is 48.6 Å². The van der Waals surface area contributed by atoms with Crippen LogP contribution in [0.3, 0.4) is 0 Å². The predicted molar refractivity (Wildman–Crippen MR) is 85.4 cm³/mol. The maximum atomic E-state index is 12.5. The van der Waals surface area contributed by atoms with E-state index in [0.717, 1.165) is 17.7 Å². The molecule has 0 spiro atoms. The van der Waals surface area contributed by atoms with E-state index >= 15 is 0 Å². The highest BCUT2D eigenvalue weighted by atomic mass is 32.2. The summed E-state index contributed by atoms with van der Waals surface area (Å²) in [5.41, 5.74) is 0.760. The van der Waals surface area contributed by atoms with Crippen LogP contribution in [-0.2, 0) is 25.2 Å². The maximum Gasteiger partial charge on any atom is 0.328 e. The second-order valence-corrected chi connectivity index (χ2v) is 7.77. The summed E-state index contributed by atoms with van der Waals surface area (Å²) in [5.74, 6) is -1.57. The van der Waals surface area contributed by atoms with Gasteiger partial charge in [0.15, 0.2) is 9.84 Å². The third-order valence-corrected chi connectivity index (χ3v) is 6.06.